The third kappa shape index (κ3) is 3.87. The van der Waals surface area contributed by atoms with E-state index in [1.165, 1.54) is 51.5 Å². The lowest BCUT2D eigenvalue weighted by Gasteiger charge is -2.20. The van der Waals surface area contributed by atoms with Crippen LogP contribution in [0, 0.1) is 0 Å². The van der Waals surface area contributed by atoms with Crippen molar-refractivity contribution in [2.45, 2.75) is 4.90 Å². The van der Waals surface area contributed by atoms with Gasteiger partial charge in [-0.3, -0.25) is 4.79 Å². The average molecular weight is 427 g/mol. The van der Waals surface area contributed by atoms with Gasteiger partial charge in [-0.15, -0.1) is 0 Å². The van der Waals surface area contributed by atoms with E-state index >= 15 is 0 Å². The molecule has 0 fully saturated rings. The molecule has 0 aliphatic carbocycles. The van der Waals surface area contributed by atoms with Crippen molar-refractivity contribution in [3.63, 3.8) is 0 Å². The molecule has 150 valence electrons. The van der Waals surface area contributed by atoms with Crippen molar-refractivity contribution < 1.29 is 27.4 Å². The van der Waals surface area contributed by atoms with E-state index in [0.717, 1.165) is 4.31 Å². The summed E-state index contributed by atoms with van der Waals surface area (Å²) in [6.45, 7) is 0.731. The molecule has 0 bridgehead atoms. The number of fused-ring (bicyclic) bond motifs is 1. The van der Waals surface area contributed by atoms with Gasteiger partial charge in [0.15, 0.2) is 11.5 Å². The quantitative estimate of drug-likeness (QED) is 0.789. The van der Waals surface area contributed by atoms with Crippen LogP contribution in [0.1, 0.15) is 10.4 Å². The molecule has 3 rings (SSSR count). The monoisotopic (exact) mass is 426 g/mol. The van der Waals surface area contributed by atoms with Crippen LogP contribution in [0.15, 0.2) is 35.2 Å². The van der Waals surface area contributed by atoms with E-state index in [9.17, 15) is 13.2 Å². The lowest BCUT2D eigenvalue weighted by molar-refractivity contribution is 0.102. The summed E-state index contributed by atoms with van der Waals surface area (Å²) in [4.78, 5) is 12.8. The first-order chi connectivity index (χ1) is 13.2. The number of benzene rings is 2. The Morgan fingerprint density at radius 1 is 1.18 bits per heavy atom. The molecule has 8 nitrogen and oxygen atoms in total. The van der Waals surface area contributed by atoms with Crippen molar-refractivity contribution in [2.24, 2.45) is 0 Å². The molecule has 0 saturated carbocycles. The smallest absolute Gasteiger partial charge is 0.255 e. The highest BCUT2D eigenvalue weighted by Crippen LogP contribution is 2.38. The van der Waals surface area contributed by atoms with E-state index in [0.29, 0.717) is 30.5 Å². The number of halogens is 1. The predicted octanol–water partition coefficient (Wildman–Crippen LogP) is 2.62. The van der Waals surface area contributed by atoms with E-state index in [1.54, 1.807) is 0 Å². The van der Waals surface area contributed by atoms with E-state index in [1.807, 2.05) is 0 Å². The van der Waals surface area contributed by atoms with Crippen LogP contribution in [0.25, 0.3) is 0 Å². The normalized spacial score (nSPS) is 13.3. The Balaban J connectivity index is 1.95. The maximum Gasteiger partial charge on any atom is 0.255 e. The molecule has 2 aromatic rings. The molecule has 2 aromatic carbocycles. The standard InChI is InChI=1S/C18H19ClN2O6S/c1-21(2)28(23,24)12-4-5-15(25-3)14(10-12)20-18(22)11-8-13(19)17-16(9-11)26-6-7-27-17/h4-5,8-10H,6-7H2,1-3H3,(H,20,22). The van der Waals surface area contributed by atoms with E-state index in [4.69, 9.17) is 25.8 Å². The van der Waals surface area contributed by atoms with Crippen molar-refractivity contribution in [3.8, 4) is 17.2 Å². The Kier molecular flexibility index (Phi) is 5.69. The second-order valence-corrected chi connectivity index (χ2v) is 8.64. The van der Waals surface area contributed by atoms with E-state index in [-0.39, 0.29) is 21.2 Å². The van der Waals surface area contributed by atoms with Crippen molar-refractivity contribution >= 4 is 33.2 Å². The van der Waals surface area contributed by atoms with Crippen LogP contribution in [-0.2, 0) is 10.0 Å². The summed E-state index contributed by atoms with van der Waals surface area (Å²) in [7, 11) is 0.599. The summed E-state index contributed by atoms with van der Waals surface area (Å²) in [5.41, 5.74) is 0.443. The molecule has 0 radical (unpaired) electrons. The van der Waals surface area contributed by atoms with Gasteiger partial charge in [-0.05, 0) is 30.3 Å². The largest absolute Gasteiger partial charge is 0.495 e. The van der Waals surface area contributed by atoms with Gasteiger partial charge < -0.3 is 19.5 Å². The fraction of sp³-hybridized carbons (Fsp3) is 0.278. The summed E-state index contributed by atoms with van der Waals surface area (Å²) in [6.07, 6.45) is 0. The number of nitrogens with zero attached hydrogens (tertiary/aromatic N) is 1. The predicted molar refractivity (Wildman–Crippen MR) is 104 cm³/mol. The molecule has 10 heteroatoms. The van der Waals surface area contributed by atoms with Crippen LogP contribution < -0.4 is 19.5 Å². The molecule has 1 aliphatic rings. The zero-order valence-electron chi connectivity index (χ0n) is 15.5. The Labute approximate surface area is 168 Å². The van der Waals surface area contributed by atoms with Gasteiger partial charge in [0.25, 0.3) is 5.91 Å². The van der Waals surface area contributed by atoms with Crippen LogP contribution >= 0.6 is 11.6 Å². The number of nitrogens with one attached hydrogen (secondary N) is 1. The highest BCUT2D eigenvalue weighted by molar-refractivity contribution is 7.89. The van der Waals surface area contributed by atoms with Crippen molar-refractivity contribution in [1.29, 1.82) is 0 Å². The minimum Gasteiger partial charge on any atom is -0.495 e. The van der Waals surface area contributed by atoms with Crippen molar-refractivity contribution in [1.82, 2.24) is 4.31 Å². The molecule has 1 heterocycles. The second kappa shape index (κ2) is 7.86. The average Bonchev–Trinajstić information content (AvgIpc) is 2.67. The Bertz CT molecular complexity index is 1020. The first-order valence-corrected chi connectivity index (χ1v) is 10.1. The molecule has 0 unspecified atom stereocenters. The number of anilines is 1. The highest BCUT2D eigenvalue weighted by atomic mass is 35.5. The molecule has 0 atom stereocenters. The summed E-state index contributed by atoms with van der Waals surface area (Å²) in [6, 6.07) is 7.19. The molecule has 28 heavy (non-hydrogen) atoms. The molecule has 1 amide bonds. The van der Waals surface area contributed by atoms with Gasteiger partial charge in [0.05, 0.1) is 22.7 Å². The summed E-state index contributed by atoms with van der Waals surface area (Å²) in [5.74, 6) is 0.576. The van der Waals surface area contributed by atoms with E-state index < -0.39 is 15.9 Å². The first kappa shape index (κ1) is 20.2. The Morgan fingerprint density at radius 3 is 2.57 bits per heavy atom. The molecular formula is C18H19ClN2O6S. The SMILES string of the molecule is COc1ccc(S(=O)(=O)N(C)C)cc1NC(=O)c1cc(Cl)c2c(c1)OCCO2. The van der Waals surface area contributed by atoms with Gasteiger partial charge in [0.2, 0.25) is 10.0 Å². The van der Waals surface area contributed by atoms with Gasteiger partial charge in [-0.25, -0.2) is 12.7 Å². The fourth-order valence-electron chi connectivity index (χ4n) is 2.59. The molecular weight excluding hydrogens is 408 g/mol. The third-order valence-electron chi connectivity index (χ3n) is 4.06. The maximum atomic E-state index is 12.7. The van der Waals surface area contributed by atoms with Crippen LogP contribution in [-0.4, -0.2) is 53.0 Å². The zero-order chi connectivity index (χ0) is 20.5. The zero-order valence-corrected chi connectivity index (χ0v) is 17.1. The van der Waals surface area contributed by atoms with Gasteiger partial charge >= 0.3 is 0 Å². The van der Waals surface area contributed by atoms with E-state index in [2.05, 4.69) is 5.32 Å². The lowest BCUT2D eigenvalue weighted by Crippen LogP contribution is -2.22. The number of rotatable bonds is 5. The van der Waals surface area contributed by atoms with Crippen LogP contribution in [0.5, 0.6) is 17.2 Å². The second-order valence-electron chi connectivity index (χ2n) is 6.09. The first-order valence-electron chi connectivity index (χ1n) is 8.25. The summed E-state index contributed by atoms with van der Waals surface area (Å²) in [5, 5.41) is 2.91. The number of carbonyl (C=O) groups excluding carboxylic acids is 1. The Hall–Kier alpha value is -2.49. The number of hydrogen-bond donors (Lipinski definition) is 1. The number of methoxy groups -OCH3 is 1. The third-order valence-corrected chi connectivity index (χ3v) is 6.15. The fourth-order valence-corrected chi connectivity index (χ4v) is 3.79. The Morgan fingerprint density at radius 2 is 1.89 bits per heavy atom. The number of amides is 1. The van der Waals surface area contributed by atoms with Crippen LogP contribution in [0.2, 0.25) is 5.02 Å². The highest BCUT2D eigenvalue weighted by Gasteiger charge is 2.22. The van der Waals surface area contributed by atoms with Gasteiger partial charge in [-0.2, -0.15) is 0 Å². The van der Waals surface area contributed by atoms with Crippen LogP contribution in [0.3, 0.4) is 0 Å². The summed E-state index contributed by atoms with van der Waals surface area (Å²) < 4.78 is 42.0. The molecule has 1 N–H and O–H groups in total. The van der Waals surface area contributed by atoms with Crippen LogP contribution in [0.4, 0.5) is 5.69 Å². The minimum atomic E-state index is -3.67. The van der Waals surface area contributed by atoms with Crippen molar-refractivity contribution in [3.05, 3.63) is 40.9 Å². The molecule has 0 aromatic heterocycles. The lowest BCUT2D eigenvalue weighted by atomic mass is 10.1. The van der Waals surface area contributed by atoms with Gasteiger partial charge in [0, 0.05) is 19.7 Å². The number of ether oxygens (including phenoxy) is 3. The number of sulfonamides is 1. The summed E-state index contributed by atoms with van der Waals surface area (Å²) >= 11 is 6.18. The number of hydrogen-bond acceptors (Lipinski definition) is 6. The van der Waals surface area contributed by atoms with Gasteiger partial charge in [0.1, 0.15) is 19.0 Å². The molecule has 1 aliphatic heterocycles. The minimum absolute atomic E-state index is 0.0220. The number of carbonyl (C=O) groups is 1. The topological polar surface area (TPSA) is 94.2 Å². The molecule has 0 saturated heterocycles. The molecule has 0 spiro atoms. The maximum absolute atomic E-state index is 12.7. The van der Waals surface area contributed by atoms with Gasteiger partial charge in [-0.1, -0.05) is 11.6 Å². The van der Waals surface area contributed by atoms with Crippen molar-refractivity contribution in [2.75, 3.05) is 39.7 Å².